The number of benzene rings is 1. The number of aromatic carboxylic acids is 1. The molecule has 0 bridgehead atoms. The highest BCUT2D eigenvalue weighted by Gasteiger charge is 2.14. The molecule has 0 saturated heterocycles. The largest absolute Gasteiger partial charge is 0.478 e. The van der Waals surface area contributed by atoms with E-state index in [1.54, 1.807) is 30.1 Å². The summed E-state index contributed by atoms with van der Waals surface area (Å²) in [6.07, 6.45) is 1.77. The van der Waals surface area contributed by atoms with Gasteiger partial charge in [0.05, 0.1) is 28.3 Å². The SMILES string of the molecule is Cc1nn(C)cc1Nc1c(N)cccc1C(=O)O. The fraction of sp³-hybridized carbons (Fsp3) is 0.167. The van der Waals surface area contributed by atoms with Gasteiger partial charge in [0, 0.05) is 13.2 Å². The van der Waals surface area contributed by atoms with Gasteiger partial charge in [-0.25, -0.2) is 4.79 Å². The molecule has 0 radical (unpaired) electrons. The molecule has 6 heteroatoms. The van der Waals surface area contributed by atoms with E-state index < -0.39 is 5.97 Å². The quantitative estimate of drug-likeness (QED) is 0.717. The third kappa shape index (κ3) is 2.13. The molecule has 4 N–H and O–H groups in total. The first-order valence-electron chi connectivity index (χ1n) is 5.38. The summed E-state index contributed by atoms with van der Waals surface area (Å²) in [5, 5.41) is 16.3. The van der Waals surface area contributed by atoms with Crippen molar-refractivity contribution in [1.82, 2.24) is 9.78 Å². The van der Waals surface area contributed by atoms with Gasteiger partial charge in [0.1, 0.15) is 0 Å². The van der Waals surface area contributed by atoms with Crippen LogP contribution in [0, 0.1) is 6.92 Å². The molecule has 18 heavy (non-hydrogen) atoms. The van der Waals surface area contributed by atoms with Crippen molar-refractivity contribution in [1.29, 1.82) is 0 Å². The van der Waals surface area contributed by atoms with Gasteiger partial charge in [0.2, 0.25) is 0 Å². The Balaban J connectivity index is 2.45. The fourth-order valence-corrected chi connectivity index (χ4v) is 1.74. The molecule has 0 aliphatic heterocycles. The van der Waals surface area contributed by atoms with Crippen LogP contribution in [-0.2, 0) is 7.05 Å². The number of hydrogen-bond acceptors (Lipinski definition) is 4. The number of nitrogen functional groups attached to an aromatic ring is 1. The van der Waals surface area contributed by atoms with Gasteiger partial charge in [0.25, 0.3) is 0 Å². The molecule has 0 amide bonds. The Morgan fingerprint density at radius 2 is 2.22 bits per heavy atom. The van der Waals surface area contributed by atoms with Crippen molar-refractivity contribution in [2.45, 2.75) is 6.92 Å². The van der Waals surface area contributed by atoms with Gasteiger partial charge in [0.15, 0.2) is 0 Å². The minimum Gasteiger partial charge on any atom is -0.478 e. The molecule has 0 spiro atoms. The Hall–Kier alpha value is -2.50. The highest BCUT2D eigenvalue weighted by atomic mass is 16.4. The van der Waals surface area contributed by atoms with E-state index in [0.29, 0.717) is 11.4 Å². The number of nitrogens with zero attached hydrogens (tertiary/aromatic N) is 2. The molecule has 0 atom stereocenters. The van der Waals surface area contributed by atoms with Crippen molar-refractivity contribution in [3.8, 4) is 0 Å². The number of hydrogen-bond donors (Lipinski definition) is 3. The summed E-state index contributed by atoms with van der Waals surface area (Å²) in [6, 6.07) is 4.77. The van der Waals surface area contributed by atoms with Crippen LogP contribution in [0.3, 0.4) is 0 Å². The van der Waals surface area contributed by atoms with E-state index in [-0.39, 0.29) is 5.56 Å². The number of anilines is 3. The average molecular weight is 246 g/mol. The number of nitrogens with one attached hydrogen (secondary N) is 1. The number of aromatic nitrogens is 2. The number of rotatable bonds is 3. The van der Waals surface area contributed by atoms with Gasteiger partial charge in [-0.2, -0.15) is 5.10 Å². The second-order valence-electron chi connectivity index (χ2n) is 4.00. The summed E-state index contributed by atoms with van der Waals surface area (Å²) in [6.45, 7) is 1.84. The second kappa shape index (κ2) is 4.40. The van der Waals surface area contributed by atoms with E-state index in [2.05, 4.69) is 10.4 Å². The topological polar surface area (TPSA) is 93.2 Å². The Kier molecular flexibility index (Phi) is 2.93. The first-order chi connectivity index (χ1) is 8.49. The Morgan fingerprint density at radius 1 is 1.50 bits per heavy atom. The predicted molar refractivity (Wildman–Crippen MR) is 69.0 cm³/mol. The van der Waals surface area contributed by atoms with Gasteiger partial charge in [-0.05, 0) is 19.1 Å². The number of carbonyl (C=O) groups is 1. The van der Waals surface area contributed by atoms with Crippen molar-refractivity contribution in [3.05, 3.63) is 35.7 Å². The van der Waals surface area contributed by atoms with Crippen LogP contribution in [0.5, 0.6) is 0 Å². The van der Waals surface area contributed by atoms with Crippen molar-refractivity contribution < 1.29 is 9.90 Å². The summed E-state index contributed by atoms with van der Waals surface area (Å²) in [5.41, 5.74) is 8.23. The van der Waals surface area contributed by atoms with Crippen LogP contribution in [0.2, 0.25) is 0 Å². The van der Waals surface area contributed by atoms with E-state index in [4.69, 9.17) is 10.8 Å². The number of carboxylic acids is 1. The normalized spacial score (nSPS) is 10.3. The van der Waals surface area contributed by atoms with E-state index in [1.165, 1.54) is 6.07 Å². The van der Waals surface area contributed by atoms with Gasteiger partial charge in [-0.15, -0.1) is 0 Å². The summed E-state index contributed by atoms with van der Waals surface area (Å²) in [5.74, 6) is -1.02. The van der Waals surface area contributed by atoms with Gasteiger partial charge < -0.3 is 16.2 Å². The fourth-order valence-electron chi connectivity index (χ4n) is 1.74. The molecule has 2 rings (SSSR count). The lowest BCUT2D eigenvalue weighted by atomic mass is 10.1. The number of aryl methyl sites for hydroxylation is 2. The summed E-state index contributed by atoms with van der Waals surface area (Å²) in [7, 11) is 1.80. The predicted octanol–water partition coefficient (Wildman–Crippen LogP) is 1.75. The minimum absolute atomic E-state index is 0.137. The lowest BCUT2D eigenvalue weighted by molar-refractivity contribution is 0.0698. The maximum atomic E-state index is 11.1. The molecule has 0 unspecified atom stereocenters. The van der Waals surface area contributed by atoms with Crippen LogP contribution >= 0.6 is 0 Å². The zero-order valence-corrected chi connectivity index (χ0v) is 10.1. The van der Waals surface area contributed by atoms with Gasteiger partial charge >= 0.3 is 5.97 Å². The van der Waals surface area contributed by atoms with Crippen LogP contribution in [0.25, 0.3) is 0 Å². The maximum Gasteiger partial charge on any atom is 0.337 e. The van der Waals surface area contributed by atoms with Gasteiger partial charge in [-0.3, -0.25) is 4.68 Å². The zero-order valence-electron chi connectivity index (χ0n) is 10.1. The lowest BCUT2D eigenvalue weighted by Gasteiger charge is -2.11. The smallest absolute Gasteiger partial charge is 0.337 e. The molecular formula is C12H14N4O2. The van der Waals surface area contributed by atoms with Crippen LogP contribution in [0.1, 0.15) is 16.1 Å². The molecule has 0 aliphatic rings. The highest BCUT2D eigenvalue weighted by Crippen LogP contribution is 2.28. The second-order valence-corrected chi connectivity index (χ2v) is 4.00. The molecule has 1 aromatic heterocycles. The van der Waals surface area contributed by atoms with Crippen LogP contribution < -0.4 is 11.1 Å². The van der Waals surface area contributed by atoms with E-state index in [1.807, 2.05) is 6.92 Å². The third-order valence-corrected chi connectivity index (χ3v) is 2.60. The van der Waals surface area contributed by atoms with E-state index in [9.17, 15) is 4.79 Å². The van der Waals surface area contributed by atoms with Crippen LogP contribution in [0.15, 0.2) is 24.4 Å². The average Bonchev–Trinajstić information content (AvgIpc) is 2.60. The monoisotopic (exact) mass is 246 g/mol. The molecule has 94 valence electrons. The summed E-state index contributed by atoms with van der Waals surface area (Å²) in [4.78, 5) is 11.1. The van der Waals surface area contributed by atoms with Crippen LogP contribution in [-0.4, -0.2) is 20.9 Å². The van der Waals surface area contributed by atoms with Crippen LogP contribution in [0.4, 0.5) is 17.1 Å². The van der Waals surface area contributed by atoms with E-state index in [0.717, 1.165) is 11.4 Å². The third-order valence-electron chi connectivity index (χ3n) is 2.60. The molecule has 0 fully saturated rings. The Labute approximate surface area is 104 Å². The summed E-state index contributed by atoms with van der Waals surface area (Å²) >= 11 is 0. The minimum atomic E-state index is -1.02. The van der Waals surface area contributed by atoms with E-state index >= 15 is 0 Å². The number of carboxylic acid groups (broad SMARTS) is 1. The molecule has 0 aliphatic carbocycles. The number of para-hydroxylation sites is 1. The molecular weight excluding hydrogens is 232 g/mol. The first-order valence-corrected chi connectivity index (χ1v) is 5.38. The van der Waals surface area contributed by atoms with Crippen molar-refractivity contribution >= 4 is 23.0 Å². The zero-order chi connectivity index (χ0) is 13.3. The first kappa shape index (κ1) is 12.0. The Bertz CT molecular complexity index is 604. The lowest BCUT2D eigenvalue weighted by Crippen LogP contribution is -2.05. The molecule has 1 heterocycles. The summed E-state index contributed by atoms with van der Waals surface area (Å²) < 4.78 is 1.65. The molecule has 1 aromatic carbocycles. The van der Waals surface area contributed by atoms with Crippen molar-refractivity contribution in [2.24, 2.45) is 7.05 Å². The van der Waals surface area contributed by atoms with Crippen molar-refractivity contribution in [3.63, 3.8) is 0 Å². The number of nitrogens with two attached hydrogens (primary N) is 1. The Morgan fingerprint density at radius 3 is 2.78 bits per heavy atom. The molecule has 2 aromatic rings. The van der Waals surface area contributed by atoms with Crippen molar-refractivity contribution in [2.75, 3.05) is 11.1 Å². The van der Waals surface area contributed by atoms with Gasteiger partial charge in [-0.1, -0.05) is 6.07 Å². The highest BCUT2D eigenvalue weighted by molar-refractivity contribution is 5.98. The standard InChI is InChI=1S/C12H14N4O2/c1-7-10(6-16(2)15-7)14-11-8(12(17)18)4-3-5-9(11)13/h3-6,14H,13H2,1-2H3,(H,17,18). The molecule has 0 saturated carbocycles. The molecule has 6 nitrogen and oxygen atoms in total. The maximum absolute atomic E-state index is 11.1.